The van der Waals surface area contributed by atoms with E-state index in [4.69, 9.17) is 4.42 Å². The molecule has 3 aromatic rings. The van der Waals surface area contributed by atoms with Crippen molar-refractivity contribution in [2.24, 2.45) is 0 Å². The smallest absolute Gasteiger partial charge is 0.215 e. The standard InChI is InChI=1S/C16H16N2O3S/c19-22(20,11-14-4-2-1-3-5-14)18-9-8-13-6-7-15-16(10-13)21-12-17-15/h1-7,10,12,18H,8-9,11H2. The normalized spacial score (nSPS) is 11.8. The first-order chi connectivity index (χ1) is 10.6. The SMILES string of the molecule is O=S(=O)(Cc1ccccc1)NCCc1ccc2ncoc2c1. The van der Waals surface area contributed by atoms with Crippen LogP contribution in [0, 0.1) is 0 Å². The van der Waals surface area contributed by atoms with Crippen molar-refractivity contribution in [1.29, 1.82) is 0 Å². The number of benzene rings is 2. The van der Waals surface area contributed by atoms with Crippen molar-refractivity contribution >= 4 is 21.1 Å². The molecular weight excluding hydrogens is 300 g/mol. The molecule has 0 aliphatic carbocycles. The maximum atomic E-state index is 12.0. The Morgan fingerprint density at radius 2 is 1.86 bits per heavy atom. The zero-order valence-corrected chi connectivity index (χ0v) is 12.7. The Hall–Kier alpha value is -2.18. The van der Waals surface area contributed by atoms with E-state index in [1.807, 2.05) is 36.4 Å². The molecule has 0 spiro atoms. The van der Waals surface area contributed by atoms with E-state index < -0.39 is 10.0 Å². The molecule has 0 radical (unpaired) electrons. The molecule has 0 bridgehead atoms. The summed E-state index contributed by atoms with van der Waals surface area (Å²) >= 11 is 0. The van der Waals surface area contributed by atoms with Crippen LogP contribution in [0.3, 0.4) is 0 Å². The van der Waals surface area contributed by atoms with Gasteiger partial charge in [-0.3, -0.25) is 0 Å². The number of aromatic nitrogens is 1. The molecule has 1 heterocycles. The molecule has 3 rings (SSSR count). The Morgan fingerprint density at radius 3 is 2.68 bits per heavy atom. The molecule has 0 fully saturated rings. The topological polar surface area (TPSA) is 72.2 Å². The van der Waals surface area contributed by atoms with Gasteiger partial charge in [-0.25, -0.2) is 18.1 Å². The Kier molecular flexibility index (Phi) is 4.22. The average Bonchev–Trinajstić information content (AvgIpc) is 2.95. The molecule has 0 unspecified atom stereocenters. The molecule has 0 atom stereocenters. The molecule has 0 aliphatic heterocycles. The molecule has 0 saturated carbocycles. The predicted octanol–water partition coefficient (Wildman–Crippen LogP) is 2.49. The highest BCUT2D eigenvalue weighted by atomic mass is 32.2. The molecule has 0 saturated heterocycles. The van der Waals surface area contributed by atoms with Crippen molar-refractivity contribution in [3.05, 3.63) is 66.1 Å². The van der Waals surface area contributed by atoms with Crippen LogP contribution in [0.5, 0.6) is 0 Å². The number of nitrogens with one attached hydrogen (secondary N) is 1. The second-order valence-corrected chi connectivity index (χ2v) is 6.85. The molecule has 0 amide bonds. The highest BCUT2D eigenvalue weighted by Gasteiger charge is 2.10. The predicted molar refractivity (Wildman–Crippen MR) is 84.8 cm³/mol. The Labute approximate surface area is 129 Å². The van der Waals surface area contributed by atoms with Crippen molar-refractivity contribution in [1.82, 2.24) is 9.71 Å². The largest absolute Gasteiger partial charge is 0.443 e. The highest BCUT2D eigenvalue weighted by molar-refractivity contribution is 7.88. The van der Waals surface area contributed by atoms with Gasteiger partial charge in [-0.2, -0.15) is 0 Å². The summed E-state index contributed by atoms with van der Waals surface area (Å²) in [6.45, 7) is 0.356. The number of hydrogen-bond acceptors (Lipinski definition) is 4. The third-order valence-electron chi connectivity index (χ3n) is 3.33. The molecule has 6 heteroatoms. The number of hydrogen-bond donors (Lipinski definition) is 1. The van der Waals surface area contributed by atoms with Gasteiger partial charge in [0.15, 0.2) is 12.0 Å². The second kappa shape index (κ2) is 6.29. The number of rotatable bonds is 6. The molecule has 2 aromatic carbocycles. The Bertz CT molecular complexity index is 857. The van der Waals surface area contributed by atoms with Crippen molar-refractivity contribution in [3.63, 3.8) is 0 Å². The van der Waals surface area contributed by atoms with Crippen LogP contribution in [0.15, 0.2) is 59.3 Å². The molecule has 114 valence electrons. The van der Waals surface area contributed by atoms with Gasteiger partial charge in [-0.1, -0.05) is 36.4 Å². The van der Waals surface area contributed by atoms with E-state index in [9.17, 15) is 8.42 Å². The van der Waals surface area contributed by atoms with Crippen molar-refractivity contribution in [2.45, 2.75) is 12.2 Å². The maximum Gasteiger partial charge on any atom is 0.215 e. The Balaban J connectivity index is 1.57. The lowest BCUT2D eigenvalue weighted by Crippen LogP contribution is -2.27. The fraction of sp³-hybridized carbons (Fsp3) is 0.188. The fourth-order valence-corrected chi connectivity index (χ4v) is 3.40. The van der Waals surface area contributed by atoms with Gasteiger partial charge in [-0.15, -0.1) is 0 Å². The average molecular weight is 316 g/mol. The lowest BCUT2D eigenvalue weighted by Gasteiger charge is -2.07. The van der Waals surface area contributed by atoms with Crippen LogP contribution in [0.25, 0.3) is 11.1 Å². The summed E-state index contributed by atoms with van der Waals surface area (Å²) in [7, 11) is -3.32. The first-order valence-corrected chi connectivity index (χ1v) is 8.61. The second-order valence-electron chi connectivity index (χ2n) is 5.04. The van der Waals surface area contributed by atoms with Gasteiger partial charge in [-0.05, 0) is 29.7 Å². The summed E-state index contributed by atoms with van der Waals surface area (Å²) in [5.41, 5.74) is 3.29. The van der Waals surface area contributed by atoms with Gasteiger partial charge in [0.2, 0.25) is 10.0 Å². The maximum absolute atomic E-state index is 12.0. The van der Waals surface area contributed by atoms with Gasteiger partial charge in [0.25, 0.3) is 0 Å². The van der Waals surface area contributed by atoms with Crippen molar-refractivity contribution in [2.75, 3.05) is 6.54 Å². The minimum Gasteiger partial charge on any atom is -0.443 e. The lowest BCUT2D eigenvalue weighted by atomic mass is 10.1. The molecule has 0 aliphatic rings. The van der Waals surface area contributed by atoms with Gasteiger partial charge in [0.05, 0.1) is 5.75 Å². The van der Waals surface area contributed by atoms with Crippen LogP contribution in [0.1, 0.15) is 11.1 Å². The first kappa shape index (κ1) is 14.7. The van der Waals surface area contributed by atoms with E-state index in [2.05, 4.69) is 9.71 Å². The minimum atomic E-state index is -3.32. The van der Waals surface area contributed by atoms with E-state index in [0.717, 1.165) is 16.6 Å². The van der Waals surface area contributed by atoms with Crippen molar-refractivity contribution in [3.8, 4) is 0 Å². The molecule has 1 aromatic heterocycles. The summed E-state index contributed by atoms with van der Waals surface area (Å²) in [5.74, 6) is -0.00498. The van der Waals surface area contributed by atoms with Crippen LogP contribution in [0.2, 0.25) is 0 Å². The monoisotopic (exact) mass is 316 g/mol. The van der Waals surface area contributed by atoms with Crippen LogP contribution >= 0.6 is 0 Å². The van der Waals surface area contributed by atoms with E-state index >= 15 is 0 Å². The van der Waals surface area contributed by atoms with Crippen LogP contribution in [0.4, 0.5) is 0 Å². The van der Waals surface area contributed by atoms with E-state index in [-0.39, 0.29) is 5.75 Å². The summed E-state index contributed by atoms with van der Waals surface area (Å²) in [6.07, 6.45) is 2.00. The molecule has 5 nitrogen and oxygen atoms in total. The van der Waals surface area contributed by atoms with Crippen molar-refractivity contribution < 1.29 is 12.8 Å². The van der Waals surface area contributed by atoms with Gasteiger partial charge in [0.1, 0.15) is 5.52 Å². The summed E-state index contributed by atoms with van der Waals surface area (Å²) < 4.78 is 31.9. The summed E-state index contributed by atoms with van der Waals surface area (Å²) in [4.78, 5) is 4.05. The third kappa shape index (κ3) is 3.72. The Morgan fingerprint density at radius 1 is 1.05 bits per heavy atom. The van der Waals surface area contributed by atoms with Gasteiger partial charge < -0.3 is 4.42 Å². The third-order valence-corrected chi connectivity index (χ3v) is 4.69. The first-order valence-electron chi connectivity index (χ1n) is 6.96. The van der Waals surface area contributed by atoms with Crippen LogP contribution in [-0.4, -0.2) is 19.9 Å². The number of sulfonamides is 1. The van der Waals surface area contributed by atoms with Gasteiger partial charge in [0, 0.05) is 6.54 Å². The van der Waals surface area contributed by atoms with E-state index in [0.29, 0.717) is 18.5 Å². The number of oxazole rings is 1. The summed E-state index contributed by atoms with van der Waals surface area (Å²) in [6, 6.07) is 14.8. The zero-order chi connectivity index (χ0) is 15.4. The lowest BCUT2D eigenvalue weighted by molar-refractivity contribution is 0.580. The van der Waals surface area contributed by atoms with E-state index in [1.165, 1.54) is 6.39 Å². The van der Waals surface area contributed by atoms with Crippen LogP contribution < -0.4 is 4.72 Å². The number of nitrogens with zero attached hydrogens (tertiary/aromatic N) is 1. The quantitative estimate of drug-likeness (QED) is 0.758. The fourth-order valence-electron chi connectivity index (χ4n) is 2.25. The highest BCUT2D eigenvalue weighted by Crippen LogP contribution is 2.14. The molecular formula is C16H16N2O3S. The van der Waals surface area contributed by atoms with Crippen LogP contribution in [-0.2, 0) is 22.2 Å². The summed E-state index contributed by atoms with van der Waals surface area (Å²) in [5, 5.41) is 0. The van der Waals surface area contributed by atoms with Gasteiger partial charge >= 0.3 is 0 Å². The number of fused-ring (bicyclic) bond motifs is 1. The van der Waals surface area contributed by atoms with E-state index in [1.54, 1.807) is 12.1 Å². The zero-order valence-electron chi connectivity index (χ0n) is 11.9. The molecule has 22 heavy (non-hydrogen) atoms. The molecule has 1 N–H and O–H groups in total. The minimum absolute atomic E-state index is 0.00498.